The average Bonchev–Trinajstić information content (AvgIpc) is 3.11. The predicted octanol–water partition coefficient (Wildman–Crippen LogP) is 4.06. The van der Waals surface area contributed by atoms with Gasteiger partial charge in [0.25, 0.3) is 5.56 Å². The Morgan fingerprint density at radius 3 is 2.22 bits per heavy atom. The average molecular weight is 358 g/mol. The van der Waals surface area contributed by atoms with Gasteiger partial charge in [0.05, 0.1) is 11.6 Å². The molecule has 0 fully saturated rings. The number of H-pyrrole nitrogens is 2. The largest absolute Gasteiger partial charge is 0.457 e. The van der Waals surface area contributed by atoms with Crippen LogP contribution in [0.4, 0.5) is 0 Å². The number of ether oxygens (including phenoxy) is 1. The van der Waals surface area contributed by atoms with Crippen LogP contribution >= 0.6 is 0 Å². The number of para-hydroxylation sites is 2. The van der Waals surface area contributed by atoms with Gasteiger partial charge in [0, 0.05) is 11.1 Å². The maximum absolute atomic E-state index is 12.7. The van der Waals surface area contributed by atoms with Crippen molar-refractivity contribution in [3.05, 3.63) is 81.5 Å². The van der Waals surface area contributed by atoms with Crippen molar-refractivity contribution in [2.45, 2.75) is 25.7 Å². The highest BCUT2D eigenvalue weighted by Crippen LogP contribution is 2.46. The number of benzene rings is 2. The molecule has 1 aliphatic heterocycles. The van der Waals surface area contributed by atoms with E-state index < -0.39 is 0 Å². The Labute approximate surface area is 155 Å². The quantitative estimate of drug-likeness (QED) is 0.498. The third-order valence-corrected chi connectivity index (χ3v) is 4.99. The molecule has 1 aliphatic rings. The highest BCUT2D eigenvalue weighted by atomic mass is 16.5. The first kappa shape index (κ1) is 15.8. The van der Waals surface area contributed by atoms with Crippen LogP contribution in [-0.4, -0.2) is 20.2 Å². The van der Waals surface area contributed by atoms with Gasteiger partial charge in [0.15, 0.2) is 5.52 Å². The molecule has 2 aromatic carbocycles. The third kappa shape index (κ3) is 2.37. The van der Waals surface area contributed by atoms with Gasteiger partial charge in [-0.1, -0.05) is 50.2 Å². The molecule has 2 N–H and O–H groups in total. The molecule has 0 radical (unpaired) electrons. The molecule has 27 heavy (non-hydrogen) atoms. The Morgan fingerprint density at radius 2 is 1.59 bits per heavy atom. The molecule has 6 nitrogen and oxygen atoms in total. The second-order valence-electron chi connectivity index (χ2n) is 7.05. The van der Waals surface area contributed by atoms with Gasteiger partial charge in [-0.25, -0.2) is 4.98 Å². The molecular formula is C21H18N4O2. The molecule has 3 heterocycles. The van der Waals surface area contributed by atoms with Crippen molar-refractivity contribution in [3.63, 3.8) is 0 Å². The second-order valence-corrected chi connectivity index (χ2v) is 7.05. The number of aromatic nitrogens is 4. The Morgan fingerprint density at radius 1 is 0.963 bits per heavy atom. The number of fused-ring (bicyclic) bond motifs is 3. The lowest BCUT2D eigenvalue weighted by Gasteiger charge is -2.27. The van der Waals surface area contributed by atoms with Crippen molar-refractivity contribution >= 4 is 11.0 Å². The molecule has 4 aromatic rings. The van der Waals surface area contributed by atoms with Crippen LogP contribution in [0.3, 0.4) is 0 Å². The van der Waals surface area contributed by atoms with Crippen LogP contribution in [0.15, 0.2) is 53.3 Å². The summed E-state index contributed by atoms with van der Waals surface area (Å²) in [7, 11) is 0. The molecule has 0 saturated carbocycles. The smallest absolute Gasteiger partial charge is 0.279 e. The molecule has 6 heteroatoms. The first-order valence-electron chi connectivity index (χ1n) is 8.97. The van der Waals surface area contributed by atoms with Gasteiger partial charge >= 0.3 is 0 Å². The monoisotopic (exact) mass is 358 g/mol. The molecule has 2 aromatic heterocycles. The summed E-state index contributed by atoms with van der Waals surface area (Å²) in [6, 6.07) is 15.7. The molecule has 0 unspecified atom stereocenters. The maximum Gasteiger partial charge on any atom is 0.279 e. The van der Waals surface area contributed by atoms with Crippen LogP contribution in [0.25, 0.3) is 11.0 Å². The summed E-state index contributed by atoms with van der Waals surface area (Å²) in [6.07, 6.45) is 0. The zero-order valence-electron chi connectivity index (χ0n) is 15.0. The van der Waals surface area contributed by atoms with E-state index >= 15 is 0 Å². The highest BCUT2D eigenvalue weighted by molar-refractivity contribution is 5.76. The lowest BCUT2D eigenvalue weighted by molar-refractivity contribution is 0.450. The molecule has 0 saturated heterocycles. The van der Waals surface area contributed by atoms with E-state index in [1.807, 2.05) is 48.5 Å². The van der Waals surface area contributed by atoms with E-state index in [2.05, 4.69) is 29.0 Å². The summed E-state index contributed by atoms with van der Waals surface area (Å²) < 4.78 is 6.06. The van der Waals surface area contributed by atoms with Gasteiger partial charge in [0.2, 0.25) is 0 Å². The summed E-state index contributed by atoms with van der Waals surface area (Å²) >= 11 is 0. The molecule has 0 aliphatic carbocycles. The van der Waals surface area contributed by atoms with E-state index in [1.54, 1.807) is 0 Å². The summed E-state index contributed by atoms with van der Waals surface area (Å²) in [5, 5.41) is 7.12. The SMILES string of the molecule is CC(C)c1[nH]nc2c(=O)[nH]c(C3c4ccccc4Oc4ccccc43)nc12. The summed E-state index contributed by atoms with van der Waals surface area (Å²) in [6.45, 7) is 4.10. The second kappa shape index (κ2) is 5.81. The van der Waals surface area contributed by atoms with Crippen LogP contribution in [0.5, 0.6) is 11.5 Å². The fourth-order valence-corrected chi connectivity index (χ4v) is 3.69. The van der Waals surface area contributed by atoms with Crippen molar-refractivity contribution < 1.29 is 4.74 Å². The fourth-order valence-electron chi connectivity index (χ4n) is 3.69. The zero-order valence-corrected chi connectivity index (χ0v) is 15.0. The fraction of sp³-hybridized carbons (Fsp3) is 0.190. The molecular weight excluding hydrogens is 340 g/mol. The minimum absolute atomic E-state index is 0.186. The molecule has 0 amide bonds. The van der Waals surface area contributed by atoms with Gasteiger partial charge in [-0.2, -0.15) is 5.10 Å². The Bertz CT molecular complexity index is 1180. The summed E-state index contributed by atoms with van der Waals surface area (Å²) in [5.74, 6) is 2.13. The van der Waals surface area contributed by atoms with Crippen molar-refractivity contribution in [1.82, 2.24) is 20.2 Å². The number of rotatable bonds is 2. The molecule has 134 valence electrons. The van der Waals surface area contributed by atoms with Crippen LogP contribution < -0.4 is 10.3 Å². The van der Waals surface area contributed by atoms with E-state index in [4.69, 9.17) is 9.72 Å². The normalized spacial score (nSPS) is 13.4. The van der Waals surface area contributed by atoms with Gasteiger partial charge in [-0.3, -0.25) is 9.89 Å². The van der Waals surface area contributed by atoms with Crippen molar-refractivity contribution in [3.8, 4) is 11.5 Å². The lowest BCUT2D eigenvalue weighted by atomic mass is 9.87. The molecule has 0 bridgehead atoms. The van der Waals surface area contributed by atoms with Gasteiger partial charge in [-0.15, -0.1) is 0 Å². The minimum Gasteiger partial charge on any atom is -0.457 e. The third-order valence-electron chi connectivity index (χ3n) is 4.99. The maximum atomic E-state index is 12.7. The summed E-state index contributed by atoms with van der Waals surface area (Å²) in [5.41, 5.74) is 3.56. The lowest BCUT2D eigenvalue weighted by Crippen LogP contribution is -2.19. The Kier molecular flexibility index (Phi) is 3.40. The van der Waals surface area contributed by atoms with Crippen LogP contribution in [0.2, 0.25) is 0 Å². The van der Waals surface area contributed by atoms with Crippen molar-refractivity contribution in [2.24, 2.45) is 0 Å². The van der Waals surface area contributed by atoms with E-state index in [0.29, 0.717) is 16.9 Å². The number of hydrogen-bond donors (Lipinski definition) is 2. The Balaban J connectivity index is 1.80. The van der Waals surface area contributed by atoms with Crippen LogP contribution in [0.1, 0.15) is 48.3 Å². The first-order valence-corrected chi connectivity index (χ1v) is 8.97. The van der Waals surface area contributed by atoms with Gasteiger partial charge in [-0.05, 0) is 18.1 Å². The number of nitrogens with zero attached hydrogens (tertiary/aromatic N) is 2. The molecule has 0 spiro atoms. The van der Waals surface area contributed by atoms with Crippen molar-refractivity contribution in [1.29, 1.82) is 0 Å². The van der Waals surface area contributed by atoms with Crippen molar-refractivity contribution in [2.75, 3.05) is 0 Å². The predicted molar refractivity (Wildman–Crippen MR) is 103 cm³/mol. The van der Waals surface area contributed by atoms with E-state index in [1.165, 1.54) is 0 Å². The standard InChI is InChI=1S/C21H18N4O2/c1-11(2)17-18-19(25-24-17)21(26)23-20(22-18)16-12-7-3-5-9-14(12)27-15-10-6-4-8-13(15)16/h3-11,16H,1-2H3,(H,24,25)(H,22,23,26). The topological polar surface area (TPSA) is 83.7 Å². The number of nitrogens with one attached hydrogen (secondary N) is 2. The Hall–Kier alpha value is -3.41. The summed E-state index contributed by atoms with van der Waals surface area (Å²) in [4.78, 5) is 20.5. The zero-order chi connectivity index (χ0) is 18.5. The molecule has 5 rings (SSSR count). The van der Waals surface area contributed by atoms with Gasteiger partial charge < -0.3 is 9.72 Å². The minimum atomic E-state index is -0.236. The van der Waals surface area contributed by atoms with E-state index in [-0.39, 0.29) is 17.4 Å². The van der Waals surface area contributed by atoms with Crippen LogP contribution in [-0.2, 0) is 0 Å². The molecule has 0 atom stereocenters. The number of aromatic amines is 2. The van der Waals surface area contributed by atoms with Crippen LogP contribution in [0, 0.1) is 0 Å². The highest BCUT2D eigenvalue weighted by Gasteiger charge is 2.31. The number of hydrogen-bond acceptors (Lipinski definition) is 4. The first-order chi connectivity index (χ1) is 13.1. The van der Waals surface area contributed by atoms with Gasteiger partial charge in [0.1, 0.15) is 22.8 Å². The van der Waals surface area contributed by atoms with E-state index in [9.17, 15) is 4.79 Å². The van der Waals surface area contributed by atoms with E-state index in [0.717, 1.165) is 28.3 Å².